The molecule has 1 heterocycles. The number of allylic oxidation sites excluding steroid dienone is 1. The number of carbonyl (C=O) groups excluding carboxylic acids is 1. The Morgan fingerprint density at radius 1 is 1.34 bits per heavy atom. The average molecular weight is 542 g/mol. The molecule has 204 valence electrons. The summed E-state index contributed by atoms with van der Waals surface area (Å²) in [6, 6.07) is 9.00. The van der Waals surface area contributed by atoms with Crippen molar-refractivity contribution in [3.63, 3.8) is 0 Å². The lowest BCUT2D eigenvalue weighted by Gasteiger charge is -2.45. The van der Waals surface area contributed by atoms with Gasteiger partial charge in [-0.2, -0.15) is 0 Å². The zero-order valence-electron chi connectivity index (χ0n) is 22.2. The summed E-state index contributed by atoms with van der Waals surface area (Å²) in [5, 5.41) is 11.6. The van der Waals surface area contributed by atoms with Crippen LogP contribution in [-0.4, -0.2) is 44.0 Å². The van der Waals surface area contributed by atoms with Crippen molar-refractivity contribution in [1.82, 2.24) is 0 Å². The van der Waals surface area contributed by atoms with Crippen molar-refractivity contribution >= 4 is 23.3 Å². The fourth-order valence-electron chi connectivity index (χ4n) is 6.50. The summed E-state index contributed by atoms with van der Waals surface area (Å²) >= 11 is 6.35. The lowest BCUT2D eigenvalue weighted by atomic mass is 9.68. The smallest absolute Gasteiger partial charge is 0.340 e. The van der Waals surface area contributed by atoms with E-state index in [1.807, 2.05) is 12.1 Å². The van der Waals surface area contributed by atoms with Gasteiger partial charge in [-0.3, -0.25) is 0 Å². The highest BCUT2D eigenvalue weighted by molar-refractivity contribution is 6.30. The molecule has 2 aromatic rings. The summed E-state index contributed by atoms with van der Waals surface area (Å²) < 4.78 is 26.2. The van der Waals surface area contributed by atoms with Crippen LogP contribution in [0.5, 0.6) is 5.75 Å². The molecule has 0 radical (unpaired) electrons. The van der Waals surface area contributed by atoms with Gasteiger partial charge in [-0.15, -0.1) is 0 Å². The Morgan fingerprint density at radius 3 is 2.92 bits per heavy atom. The number of ether oxygens (including phenoxy) is 2. The molecule has 7 heteroatoms. The van der Waals surface area contributed by atoms with Crippen molar-refractivity contribution in [2.45, 2.75) is 63.4 Å². The van der Waals surface area contributed by atoms with E-state index in [2.05, 4.69) is 30.0 Å². The highest BCUT2D eigenvalue weighted by Gasteiger charge is 2.44. The van der Waals surface area contributed by atoms with Crippen LogP contribution in [0.3, 0.4) is 0 Å². The molecule has 3 aliphatic rings. The second kappa shape index (κ2) is 11.3. The normalized spacial score (nSPS) is 25.2. The van der Waals surface area contributed by atoms with Crippen LogP contribution >= 0.6 is 11.6 Å². The molecule has 0 aromatic heterocycles. The number of aryl methyl sites for hydroxylation is 1. The molecule has 4 atom stereocenters. The van der Waals surface area contributed by atoms with E-state index in [0.29, 0.717) is 31.1 Å². The molecule has 0 amide bonds. The Bertz CT molecular complexity index is 1220. The van der Waals surface area contributed by atoms with Gasteiger partial charge in [0.2, 0.25) is 0 Å². The number of fused-ring (bicyclic) bond motifs is 3. The minimum absolute atomic E-state index is 0.0979. The van der Waals surface area contributed by atoms with Crippen molar-refractivity contribution in [3.8, 4) is 5.75 Å². The lowest BCUT2D eigenvalue weighted by molar-refractivity contribution is 0.0456. The molecule has 1 unspecified atom stereocenters. The van der Waals surface area contributed by atoms with E-state index < -0.39 is 17.9 Å². The number of benzene rings is 2. The number of unbranched alkanes of at least 4 members (excludes halogenated alkanes) is 1. The van der Waals surface area contributed by atoms with Gasteiger partial charge in [0.25, 0.3) is 0 Å². The fourth-order valence-corrected chi connectivity index (χ4v) is 6.69. The minimum Gasteiger partial charge on any atom is -0.490 e. The number of nitrogens with zero attached hydrogens (tertiary/aromatic N) is 1. The molecule has 5 rings (SSSR count). The Labute approximate surface area is 229 Å². The molecule has 1 spiro atoms. The van der Waals surface area contributed by atoms with Gasteiger partial charge in [0.05, 0.1) is 31.1 Å². The van der Waals surface area contributed by atoms with Gasteiger partial charge in [-0.05, 0) is 79.7 Å². The second-order valence-electron chi connectivity index (χ2n) is 11.1. The largest absolute Gasteiger partial charge is 0.490 e. The van der Waals surface area contributed by atoms with Crippen LogP contribution < -0.4 is 9.64 Å². The molecular weight excluding hydrogens is 505 g/mol. The molecule has 5 nitrogen and oxygen atoms in total. The van der Waals surface area contributed by atoms with E-state index in [0.717, 1.165) is 50.0 Å². The number of esters is 1. The number of anilines is 1. The Hall–Kier alpha value is -2.57. The number of hydrogen-bond donors (Lipinski definition) is 1. The highest BCUT2D eigenvalue weighted by atomic mass is 35.5. The van der Waals surface area contributed by atoms with Gasteiger partial charge >= 0.3 is 5.97 Å². The Kier molecular flexibility index (Phi) is 8.01. The van der Waals surface area contributed by atoms with E-state index in [9.17, 15) is 14.3 Å². The molecular formula is C31H37ClFNO4. The van der Waals surface area contributed by atoms with Gasteiger partial charge in [0, 0.05) is 29.6 Å². The topological polar surface area (TPSA) is 59.0 Å². The van der Waals surface area contributed by atoms with Crippen LogP contribution in [0.25, 0.3) is 0 Å². The van der Waals surface area contributed by atoms with Gasteiger partial charge in [-0.25, -0.2) is 9.18 Å². The molecule has 0 saturated heterocycles. The average Bonchev–Trinajstić information content (AvgIpc) is 3.02. The molecule has 38 heavy (non-hydrogen) atoms. The Morgan fingerprint density at radius 2 is 2.18 bits per heavy atom. The Balaban J connectivity index is 1.51. The van der Waals surface area contributed by atoms with Crippen LogP contribution in [0.1, 0.15) is 66.9 Å². The van der Waals surface area contributed by atoms with Crippen molar-refractivity contribution < 1.29 is 23.8 Å². The first kappa shape index (κ1) is 27.0. The molecule has 2 aliphatic carbocycles. The fraction of sp³-hybridized carbons (Fsp3) is 0.516. The molecule has 1 N–H and O–H groups in total. The predicted molar refractivity (Wildman–Crippen MR) is 148 cm³/mol. The summed E-state index contributed by atoms with van der Waals surface area (Å²) in [5.41, 5.74) is 2.77. The molecule has 1 aliphatic heterocycles. The van der Waals surface area contributed by atoms with Crippen LogP contribution in [0.2, 0.25) is 5.02 Å². The van der Waals surface area contributed by atoms with E-state index in [-0.39, 0.29) is 22.8 Å². The molecule has 1 saturated carbocycles. The van der Waals surface area contributed by atoms with Crippen LogP contribution in [0, 0.1) is 17.7 Å². The van der Waals surface area contributed by atoms with Gasteiger partial charge < -0.3 is 19.5 Å². The van der Waals surface area contributed by atoms with E-state index in [1.165, 1.54) is 24.3 Å². The SMILES string of the molecule is CCC/C=C/C(O)[C@@H]1CC[C@H]1CN1C[C@@]2(CCCc3cc(Cl)ccc32)COc2cc(F)c(C(=O)OC)cc21. The molecule has 2 aromatic carbocycles. The molecule has 1 fully saturated rings. The van der Waals surface area contributed by atoms with Gasteiger partial charge in [0.1, 0.15) is 11.6 Å². The van der Waals surface area contributed by atoms with Gasteiger partial charge in [-0.1, -0.05) is 43.2 Å². The van der Waals surface area contributed by atoms with E-state index in [1.54, 1.807) is 6.07 Å². The maximum Gasteiger partial charge on any atom is 0.340 e. The van der Waals surface area contributed by atoms with Crippen LogP contribution in [0.15, 0.2) is 42.5 Å². The van der Waals surface area contributed by atoms with Crippen molar-refractivity contribution in [2.24, 2.45) is 11.8 Å². The highest BCUT2D eigenvalue weighted by Crippen LogP contribution is 2.47. The maximum atomic E-state index is 15.0. The summed E-state index contributed by atoms with van der Waals surface area (Å²) in [6.07, 6.45) is 10.4. The van der Waals surface area contributed by atoms with Crippen molar-refractivity contribution in [2.75, 3.05) is 31.7 Å². The number of rotatable bonds is 7. The van der Waals surface area contributed by atoms with Gasteiger partial charge in [0.15, 0.2) is 0 Å². The zero-order chi connectivity index (χ0) is 26.9. The standard InChI is InChI=1S/C31H37ClFNO4/c1-3-4-5-8-28(35)23-11-9-21(23)17-34-18-31(13-6-7-20-14-22(32)10-12-25(20)31)19-38-29-16-26(33)24(15-27(29)34)30(36)37-2/h5,8,10,12,14-16,21,23,28,35H,3-4,6-7,9,11,13,17-19H2,1-2H3/b8-5+/t21-,23+,28?,31-/m0/s1. The molecule has 0 bridgehead atoms. The first-order chi connectivity index (χ1) is 18.3. The quantitative estimate of drug-likeness (QED) is 0.321. The summed E-state index contributed by atoms with van der Waals surface area (Å²) in [5.74, 6) is -0.476. The van der Waals surface area contributed by atoms with Crippen molar-refractivity contribution in [1.29, 1.82) is 0 Å². The summed E-state index contributed by atoms with van der Waals surface area (Å²) in [6.45, 7) is 3.90. The number of halogens is 2. The summed E-state index contributed by atoms with van der Waals surface area (Å²) in [7, 11) is 1.26. The third-order valence-electron chi connectivity index (χ3n) is 8.69. The van der Waals surface area contributed by atoms with E-state index >= 15 is 0 Å². The number of methoxy groups -OCH3 is 1. The third-order valence-corrected chi connectivity index (χ3v) is 8.93. The first-order valence-electron chi connectivity index (χ1n) is 13.8. The minimum atomic E-state index is -0.708. The van der Waals surface area contributed by atoms with Crippen LogP contribution in [0.4, 0.5) is 10.1 Å². The number of hydrogen-bond acceptors (Lipinski definition) is 5. The number of aliphatic hydroxyl groups excluding tert-OH is 1. The monoisotopic (exact) mass is 541 g/mol. The maximum absolute atomic E-state index is 15.0. The zero-order valence-corrected chi connectivity index (χ0v) is 23.0. The second-order valence-corrected chi connectivity index (χ2v) is 11.5. The first-order valence-corrected chi connectivity index (χ1v) is 14.2. The third kappa shape index (κ3) is 5.17. The van der Waals surface area contributed by atoms with Crippen LogP contribution in [-0.2, 0) is 16.6 Å². The van der Waals surface area contributed by atoms with Crippen molar-refractivity contribution in [3.05, 3.63) is 70.0 Å². The van der Waals surface area contributed by atoms with E-state index in [4.69, 9.17) is 21.1 Å². The number of aliphatic hydroxyl groups is 1. The number of carbonyl (C=O) groups is 1. The summed E-state index contributed by atoms with van der Waals surface area (Å²) in [4.78, 5) is 14.6. The predicted octanol–water partition coefficient (Wildman–Crippen LogP) is 6.48. The lowest BCUT2D eigenvalue weighted by Crippen LogP contribution is -2.49.